The van der Waals surface area contributed by atoms with Gasteiger partial charge in [-0.2, -0.15) is 0 Å². The van der Waals surface area contributed by atoms with Gasteiger partial charge in [-0.15, -0.1) is 0 Å². The molecule has 8 heteroatoms. The zero-order chi connectivity index (χ0) is 19.2. The Morgan fingerprint density at radius 1 is 0.692 bits per heavy atom. The molecule has 2 rings (SSSR count). The molecule has 0 bridgehead atoms. The molecule has 0 aliphatic heterocycles. The molecule has 0 spiro atoms. The van der Waals surface area contributed by atoms with Crippen molar-refractivity contribution in [3.8, 4) is 0 Å². The van der Waals surface area contributed by atoms with Crippen molar-refractivity contribution in [3.05, 3.63) is 71.8 Å². The van der Waals surface area contributed by atoms with Crippen molar-refractivity contribution >= 4 is 11.9 Å². The summed E-state index contributed by atoms with van der Waals surface area (Å²) in [5.74, 6) is -11.3. The monoisotopic (exact) mass is 362 g/mol. The fourth-order valence-corrected chi connectivity index (χ4v) is 2.13. The SMILES string of the molecule is O=C(O)C(O)(OCc1ccccc1)C(O)(OCc1ccccc1)C(=O)O. The quantitative estimate of drug-likeness (QED) is 0.485. The van der Waals surface area contributed by atoms with E-state index in [1.807, 2.05) is 0 Å². The van der Waals surface area contributed by atoms with Crippen molar-refractivity contribution in [2.45, 2.75) is 24.8 Å². The van der Waals surface area contributed by atoms with E-state index in [2.05, 4.69) is 0 Å². The first kappa shape index (κ1) is 19.5. The normalized spacial score (nSPS) is 15.6. The van der Waals surface area contributed by atoms with Gasteiger partial charge in [-0.3, -0.25) is 0 Å². The molecule has 0 aliphatic rings. The van der Waals surface area contributed by atoms with Crippen LogP contribution in [0.2, 0.25) is 0 Å². The molecule has 0 saturated heterocycles. The Bertz CT molecular complexity index is 683. The minimum Gasteiger partial charge on any atom is -0.477 e. The van der Waals surface area contributed by atoms with Crippen LogP contribution in [0, 0.1) is 0 Å². The Morgan fingerprint density at radius 3 is 1.27 bits per heavy atom. The summed E-state index contributed by atoms with van der Waals surface area (Å²) in [5, 5.41) is 39.3. The zero-order valence-corrected chi connectivity index (χ0v) is 13.6. The molecular formula is C18H18O8. The summed E-state index contributed by atoms with van der Waals surface area (Å²) in [6.45, 7) is -0.929. The molecule has 0 radical (unpaired) electrons. The van der Waals surface area contributed by atoms with Crippen molar-refractivity contribution < 1.29 is 39.5 Å². The largest absolute Gasteiger partial charge is 0.477 e. The second-order valence-corrected chi connectivity index (χ2v) is 5.45. The maximum Gasteiger partial charge on any atom is 0.371 e. The van der Waals surface area contributed by atoms with Gasteiger partial charge in [0.15, 0.2) is 0 Å². The van der Waals surface area contributed by atoms with Crippen LogP contribution in [0.4, 0.5) is 0 Å². The molecule has 2 aromatic rings. The number of carbonyl (C=O) groups is 2. The average Bonchev–Trinajstić information content (AvgIpc) is 2.65. The predicted molar refractivity (Wildman–Crippen MR) is 87.6 cm³/mol. The van der Waals surface area contributed by atoms with Crippen LogP contribution in [0.5, 0.6) is 0 Å². The number of aliphatic carboxylic acids is 2. The van der Waals surface area contributed by atoms with Crippen LogP contribution < -0.4 is 0 Å². The van der Waals surface area contributed by atoms with Gasteiger partial charge in [0.25, 0.3) is 0 Å². The molecule has 8 nitrogen and oxygen atoms in total. The van der Waals surface area contributed by atoms with E-state index >= 15 is 0 Å². The molecule has 2 unspecified atom stereocenters. The van der Waals surface area contributed by atoms with Crippen LogP contribution in [-0.2, 0) is 32.3 Å². The lowest BCUT2D eigenvalue weighted by atomic mass is 10.1. The number of rotatable bonds is 9. The number of hydrogen-bond acceptors (Lipinski definition) is 6. The first-order chi connectivity index (χ1) is 12.3. The Labute approximate surface area is 148 Å². The van der Waals surface area contributed by atoms with E-state index in [9.17, 15) is 30.0 Å². The van der Waals surface area contributed by atoms with Crippen LogP contribution in [0.1, 0.15) is 11.1 Å². The summed E-state index contributed by atoms with van der Waals surface area (Å²) < 4.78 is 9.78. The van der Waals surface area contributed by atoms with E-state index in [1.165, 1.54) is 0 Å². The van der Waals surface area contributed by atoms with Crippen molar-refractivity contribution in [1.29, 1.82) is 0 Å². The fraction of sp³-hybridized carbons (Fsp3) is 0.222. The summed E-state index contributed by atoms with van der Waals surface area (Å²) in [6.07, 6.45) is 0. The molecule has 4 N–H and O–H groups in total. The molecule has 0 fully saturated rings. The smallest absolute Gasteiger partial charge is 0.371 e. The molecule has 0 amide bonds. The third-order valence-electron chi connectivity index (χ3n) is 3.62. The number of carboxylic acid groups (broad SMARTS) is 2. The Hall–Kier alpha value is -2.78. The first-order valence-electron chi connectivity index (χ1n) is 7.57. The molecule has 2 atom stereocenters. The van der Waals surface area contributed by atoms with Gasteiger partial charge in [-0.1, -0.05) is 60.7 Å². The summed E-state index contributed by atoms with van der Waals surface area (Å²) in [6, 6.07) is 16.3. The van der Waals surface area contributed by atoms with E-state index in [4.69, 9.17) is 9.47 Å². The topological polar surface area (TPSA) is 134 Å². The number of benzene rings is 2. The van der Waals surface area contributed by atoms with Crippen LogP contribution in [0.15, 0.2) is 60.7 Å². The Balaban J connectivity index is 2.25. The predicted octanol–water partition coefficient (Wildman–Crippen LogP) is 0.966. The maximum atomic E-state index is 11.5. The molecule has 0 saturated carbocycles. The van der Waals surface area contributed by atoms with Crippen LogP contribution in [0.25, 0.3) is 0 Å². The molecular weight excluding hydrogens is 344 g/mol. The fourth-order valence-electron chi connectivity index (χ4n) is 2.13. The highest BCUT2D eigenvalue weighted by Gasteiger charge is 2.64. The van der Waals surface area contributed by atoms with Gasteiger partial charge in [0.05, 0.1) is 13.2 Å². The first-order valence-corrected chi connectivity index (χ1v) is 7.57. The van der Waals surface area contributed by atoms with Gasteiger partial charge in [0.2, 0.25) is 0 Å². The molecule has 138 valence electrons. The van der Waals surface area contributed by atoms with Gasteiger partial charge in [-0.05, 0) is 11.1 Å². The Kier molecular flexibility index (Phi) is 6.06. The van der Waals surface area contributed by atoms with Crippen LogP contribution in [0.3, 0.4) is 0 Å². The van der Waals surface area contributed by atoms with E-state index in [0.717, 1.165) is 0 Å². The molecule has 2 aromatic carbocycles. The average molecular weight is 362 g/mol. The van der Waals surface area contributed by atoms with E-state index in [0.29, 0.717) is 11.1 Å². The molecule has 0 aliphatic carbocycles. The van der Waals surface area contributed by atoms with E-state index in [-0.39, 0.29) is 0 Å². The number of ether oxygens (including phenoxy) is 2. The van der Waals surface area contributed by atoms with Crippen molar-refractivity contribution in [3.63, 3.8) is 0 Å². The Morgan fingerprint density at radius 2 is 1.00 bits per heavy atom. The van der Waals surface area contributed by atoms with Crippen molar-refractivity contribution in [2.75, 3.05) is 0 Å². The maximum absolute atomic E-state index is 11.5. The van der Waals surface area contributed by atoms with E-state index in [1.54, 1.807) is 60.7 Å². The van der Waals surface area contributed by atoms with Gasteiger partial charge < -0.3 is 29.9 Å². The highest BCUT2D eigenvalue weighted by Crippen LogP contribution is 2.29. The lowest BCUT2D eigenvalue weighted by Gasteiger charge is -2.35. The third-order valence-corrected chi connectivity index (χ3v) is 3.62. The number of carboxylic acids is 2. The second kappa shape index (κ2) is 8.07. The lowest BCUT2D eigenvalue weighted by molar-refractivity contribution is -0.365. The number of hydrogen-bond donors (Lipinski definition) is 4. The number of aliphatic hydroxyl groups is 2. The summed E-state index contributed by atoms with van der Waals surface area (Å²) in [7, 11) is 0. The minimum atomic E-state index is -3.54. The minimum absolute atomic E-state index is 0.461. The zero-order valence-electron chi connectivity index (χ0n) is 13.6. The molecule has 0 heterocycles. The van der Waals surface area contributed by atoms with E-state index < -0.39 is 36.7 Å². The molecule has 26 heavy (non-hydrogen) atoms. The second-order valence-electron chi connectivity index (χ2n) is 5.45. The van der Waals surface area contributed by atoms with Gasteiger partial charge in [0, 0.05) is 0 Å². The lowest BCUT2D eigenvalue weighted by Crippen LogP contribution is -2.66. The third kappa shape index (κ3) is 4.06. The summed E-state index contributed by atoms with van der Waals surface area (Å²) in [5.41, 5.74) is 0.922. The van der Waals surface area contributed by atoms with Crippen LogP contribution in [-0.4, -0.2) is 43.9 Å². The summed E-state index contributed by atoms with van der Waals surface area (Å²) >= 11 is 0. The van der Waals surface area contributed by atoms with Gasteiger partial charge in [-0.25, -0.2) is 9.59 Å². The highest BCUT2D eigenvalue weighted by atomic mass is 16.7. The molecule has 0 aromatic heterocycles. The van der Waals surface area contributed by atoms with Gasteiger partial charge in [0.1, 0.15) is 0 Å². The van der Waals surface area contributed by atoms with Crippen LogP contribution >= 0.6 is 0 Å². The van der Waals surface area contributed by atoms with Crippen molar-refractivity contribution in [1.82, 2.24) is 0 Å². The van der Waals surface area contributed by atoms with Crippen molar-refractivity contribution in [2.24, 2.45) is 0 Å². The summed E-state index contributed by atoms with van der Waals surface area (Å²) in [4.78, 5) is 23.1. The standard InChI is InChI=1S/C18H18O8/c19-15(20)17(23,25-11-13-7-3-1-4-8-13)18(24,16(21)22)26-12-14-9-5-2-6-10-14/h1-10,23-24H,11-12H2,(H,19,20)(H,21,22). The van der Waals surface area contributed by atoms with Gasteiger partial charge >= 0.3 is 23.5 Å². The highest BCUT2D eigenvalue weighted by molar-refractivity contribution is 5.88.